The molecule has 2 aromatic heterocycles. The number of nitrogens with two attached hydrogens (primary N) is 1. The molecule has 0 saturated heterocycles. The number of hydrogen-bond donors (Lipinski definition) is 3. The molecule has 4 N–H and O–H groups in total. The minimum absolute atomic E-state index is 0.0630. The van der Waals surface area contributed by atoms with Crippen molar-refractivity contribution in [2.75, 3.05) is 10.6 Å². The lowest BCUT2D eigenvalue weighted by molar-refractivity contribution is 0.289. The summed E-state index contributed by atoms with van der Waals surface area (Å²) in [5.41, 5.74) is 1.60. The molecular formula is C20H17FN6O4S. The summed E-state index contributed by atoms with van der Waals surface area (Å²) in [4.78, 5) is 7.91. The van der Waals surface area contributed by atoms with Crippen LogP contribution in [0.4, 0.5) is 27.5 Å². The highest BCUT2D eigenvalue weighted by molar-refractivity contribution is 7.89. The van der Waals surface area contributed by atoms with Crippen LogP contribution >= 0.6 is 0 Å². The predicted octanol–water partition coefficient (Wildman–Crippen LogP) is 3.32. The second-order valence-electron chi connectivity index (χ2n) is 6.52. The van der Waals surface area contributed by atoms with E-state index < -0.39 is 15.8 Å². The molecule has 0 aliphatic rings. The fourth-order valence-corrected chi connectivity index (χ4v) is 3.19. The SMILES string of the molecule is NS(=O)(=O)c1cccc(Nc2ncc(F)c(Nc3ccc(OCc4ccon4)cc3)n2)c1. The molecule has 2 heterocycles. The number of nitrogens with one attached hydrogen (secondary N) is 2. The molecule has 0 saturated carbocycles. The average molecular weight is 456 g/mol. The molecule has 4 aromatic rings. The van der Waals surface area contributed by atoms with Crippen LogP contribution in [0.3, 0.4) is 0 Å². The largest absolute Gasteiger partial charge is 0.487 e. The molecule has 12 heteroatoms. The summed E-state index contributed by atoms with van der Waals surface area (Å²) >= 11 is 0. The van der Waals surface area contributed by atoms with Crippen molar-refractivity contribution < 1.29 is 22.1 Å². The fourth-order valence-electron chi connectivity index (χ4n) is 2.64. The van der Waals surface area contributed by atoms with Gasteiger partial charge in [-0.1, -0.05) is 11.2 Å². The molecule has 0 aliphatic heterocycles. The van der Waals surface area contributed by atoms with Crippen LogP contribution in [0.15, 0.2) is 76.5 Å². The topological polar surface area (TPSA) is 145 Å². The maximum Gasteiger partial charge on any atom is 0.238 e. The second kappa shape index (κ2) is 8.99. The first-order valence-electron chi connectivity index (χ1n) is 9.18. The molecule has 0 atom stereocenters. The van der Waals surface area contributed by atoms with Crippen LogP contribution in [0, 0.1) is 5.82 Å². The Kier molecular flexibility index (Phi) is 5.96. The van der Waals surface area contributed by atoms with E-state index in [1.807, 2.05) is 0 Å². The van der Waals surface area contributed by atoms with Gasteiger partial charge in [0.15, 0.2) is 11.6 Å². The van der Waals surface area contributed by atoms with Crippen LogP contribution in [0.5, 0.6) is 5.75 Å². The number of ether oxygens (including phenoxy) is 1. The van der Waals surface area contributed by atoms with Crippen molar-refractivity contribution in [3.63, 3.8) is 0 Å². The Morgan fingerprint density at radius 1 is 1.06 bits per heavy atom. The van der Waals surface area contributed by atoms with Gasteiger partial charge in [0.05, 0.1) is 11.1 Å². The molecule has 0 radical (unpaired) electrons. The van der Waals surface area contributed by atoms with Crippen molar-refractivity contribution in [1.82, 2.24) is 15.1 Å². The molecule has 2 aromatic carbocycles. The van der Waals surface area contributed by atoms with Gasteiger partial charge < -0.3 is 19.9 Å². The van der Waals surface area contributed by atoms with Gasteiger partial charge >= 0.3 is 0 Å². The smallest absolute Gasteiger partial charge is 0.238 e. The number of nitrogens with zero attached hydrogens (tertiary/aromatic N) is 3. The van der Waals surface area contributed by atoms with Gasteiger partial charge in [-0.05, 0) is 42.5 Å². The van der Waals surface area contributed by atoms with Crippen LogP contribution in [-0.2, 0) is 16.6 Å². The molecule has 164 valence electrons. The number of benzene rings is 2. The molecule has 10 nitrogen and oxygen atoms in total. The van der Waals surface area contributed by atoms with Gasteiger partial charge in [0.1, 0.15) is 24.3 Å². The molecule has 0 fully saturated rings. The summed E-state index contributed by atoms with van der Waals surface area (Å²) in [6, 6.07) is 14.3. The van der Waals surface area contributed by atoms with E-state index in [9.17, 15) is 12.8 Å². The minimum Gasteiger partial charge on any atom is -0.487 e. The molecule has 4 rings (SSSR count). The number of hydrogen-bond acceptors (Lipinski definition) is 9. The summed E-state index contributed by atoms with van der Waals surface area (Å²) in [5, 5.41) is 14.6. The standard InChI is InChI=1S/C20H17FN6O4S/c21-18-11-23-20(25-14-2-1-3-17(10-14)32(22,28)29)26-19(18)24-13-4-6-16(7-5-13)30-12-15-8-9-31-27-15/h1-11H,12H2,(H2,22,28,29)(H2,23,24,25,26). The summed E-state index contributed by atoms with van der Waals surface area (Å²) in [6.45, 7) is 0.255. The van der Waals surface area contributed by atoms with E-state index in [1.165, 1.54) is 24.5 Å². The average Bonchev–Trinajstić information content (AvgIpc) is 3.29. The van der Waals surface area contributed by atoms with Crippen LogP contribution in [0.2, 0.25) is 0 Å². The first kappa shape index (κ1) is 21.2. The molecule has 0 spiro atoms. The van der Waals surface area contributed by atoms with Gasteiger partial charge in [-0.3, -0.25) is 0 Å². The molecule has 0 unspecified atom stereocenters. The fraction of sp³-hybridized carbons (Fsp3) is 0.0500. The van der Waals surface area contributed by atoms with E-state index >= 15 is 0 Å². The Balaban J connectivity index is 1.45. The first-order valence-corrected chi connectivity index (χ1v) is 10.7. The van der Waals surface area contributed by atoms with Crippen LogP contribution in [-0.4, -0.2) is 23.5 Å². The number of sulfonamides is 1. The molecular weight excluding hydrogens is 439 g/mol. The van der Waals surface area contributed by atoms with Crippen LogP contribution < -0.4 is 20.5 Å². The quantitative estimate of drug-likeness (QED) is 0.363. The van der Waals surface area contributed by atoms with Crippen LogP contribution in [0.1, 0.15) is 5.69 Å². The van der Waals surface area contributed by atoms with Crippen molar-refractivity contribution in [3.8, 4) is 5.75 Å². The highest BCUT2D eigenvalue weighted by Gasteiger charge is 2.11. The van der Waals surface area contributed by atoms with Gasteiger partial charge in [-0.25, -0.2) is 22.9 Å². The van der Waals surface area contributed by atoms with E-state index in [0.717, 1.165) is 6.20 Å². The molecule has 32 heavy (non-hydrogen) atoms. The third-order valence-corrected chi connectivity index (χ3v) is 5.07. The lowest BCUT2D eigenvalue weighted by Crippen LogP contribution is -2.12. The number of anilines is 4. The monoisotopic (exact) mass is 456 g/mol. The minimum atomic E-state index is -3.87. The number of aromatic nitrogens is 3. The van der Waals surface area contributed by atoms with Crippen molar-refractivity contribution in [2.45, 2.75) is 11.5 Å². The lowest BCUT2D eigenvalue weighted by Gasteiger charge is -2.11. The van der Waals surface area contributed by atoms with E-state index in [4.69, 9.17) is 14.4 Å². The Hall–Kier alpha value is -4.03. The van der Waals surface area contributed by atoms with Crippen molar-refractivity contribution >= 4 is 33.2 Å². The third-order valence-electron chi connectivity index (χ3n) is 4.16. The van der Waals surface area contributed by atoms with Gasteiger partial charge in [0, 0.05) is 17.4 Å². The maximum atomic E-state index is 14.2. The normalized spacial score (nSPS) is 11.2. The Labute approximate surface area is 182 Å². The Bertz CT molecular complexity index is 1310. The zero-order valence-corrected chi connectivity index (χ0v) is 17.2. The van der Waals surface area contributed by atoms with E-state index in [-0.39, 0.29) is 23.3 Å². The van der Waals surface area contributed by atoms with E-state index in [2.05, 4.69) is 25.8 Å². The Morgan fingerprint density at radius 3 is 2.59 bits per heavy atom. The second-order valence-corrected chi connectivity index (χ2v) is 8.08. The zero-order valence-electron chi connectivity index (χ0n) is 16.4. The lowest BCUT2D eigenvalue weighted by atomic mass is 10.3. The van der Waals surface area contributed by atoms with E-state index in [0.29, 0.717) is 22.8 Å². The summed E-state index contributed by atoms with van der Waals surface area (Å²) < 4.78 is 47.6. The van der Waals surface area contributed by atoms with Crippen molar-refractivity contribution in [3.05, 3.63) is 78.6 Å². The molecule has 0 bridgehead atoms. The van der Waals surface area contributed by atoms with Gasteiger partial charge in [0.25, 0.3) is 0 Å². The number of primary sulfonamides is 1. The molecule has 0 aliphatic carbocycles. The van der Waals surface area contributed by atoms with Gasteiger partial charge in [0.2, 0.25) is 16.0 Å². The van der Waals surface area contributed by atoms with E-state index in [1.54, 1.807) is 36.4 Å². The number of rotatable bonds is 8. The summed E-state index contributed by atoms with van der Waals surface area (Å²) in [6.07, 6.45) is 2.46. The summed E-state index contributed by atoms with van der Waals surface area (Å²) in [7, 11) is -3.87. The maximum absolute atomic E-state index is 14.2. The van der Waals surface area contributed by atoms with Gasteiger partial charge in [-0.15, -0.1) is 0 Å². The molecule has 0 amide bonds. The predicted molar refractivity (Wildman–Crippen MR) is 114 cm³/mol. The zero-order chi connectivity index (χ0) is 22.6. The van der Waals surface area contributed by atoms with Crippen LogP contribution in [0.25, 0.3) is 0 Å². The summed E-state index contributed by atoms with van der Waals surface area (Å²) in [5.74, 6) is -0.0756. The van der Waals surface area contributed by atoms with Crippen molar-refractivity contribution in [2.24, 2.45) is 5.14 Å². The third kappa shape index (κ3) is 5.36. The highest BCUT2D eigenvalue weighted by atomic mass is 32.2. The van der Waals surface area contributed by atoms with Crippen molar-refractivity contribution in [1.29, 1.82) is 0 Å². The highest BCUT2D eigenvalue weighted by Crippen LogP contribution is 2.23. The first-order chi connectivity index (χ1) is 15.4. The van der Waals surface area contributed by atoms with Gasteiger partial charge in [-0.2, -0.15) is 4.98 Å². The number of halogens is 1. The Morgan fingerprint density at radius 2 is 1.88 bits per heavy atom.